The number of carbonyl (C=O) groups excluding carboxylic acids is 1. The Hall–Kier alpha value is -1.74. The van der Waals surface area contributed by atoms with Crippen molar-refractivity contribution < 1.29 is 4.79 Å². The molecule has 142 valence electrons. The number of hydrogen-bond donors (Lipinski definition) is 0. The Morgan fingerprint density at radius 3 is 2.50 bits per heavy atom. The van der Waals surface area contributed by atoms with E-state index in [4.69, 9.17) is 11.6 Å². The van der Waals surface area contributed by atoms with Crippen LogP contribution in [0.25, 0.3) is 0 Å². The maximum Gasteiger partial charge on any atom is 0.223 e. The van der Waals surface area contributed by atoms with Gasteiger partial charge in [0.15, 0.2) is 0 Å². The van der Waals surface area contributed by atoms with E-state index in [1.54, 1.807) is 0 Å². The van der Waals surface area contributed by atoms with Gasteiger partial charge in [0, 0.05) is 35.9 Å². The van der Waals surface area contributed by atoms with E-state index in [-0.39, 0.29) is 17.4 Å². The molecule has 2 rings (SSSR count). The number of nitrogens with zero attached hydrogens (tertiary/aromatic N) is 2. The van der Waals surface area contributed by atoms with E-state index in [0.717, 1.165) is 22.7 Å². The van der Waals surface area contributed by atoms with Gasteiger partial charge < -0.3 is 9.47 Å². The molecular weight excluding hydrogens is 344 g/mol. The molecule has 1 amide bonds. The van der Waals surface area contributed by atoms with E-state index >= 15 is 0 Å². The number of halogens is 1. The summed E-state index contributed by atoms with van der Waals surface area (Å²) in [4.78, 5) is 14.9. The highest BCUT2D eigenvalue weighted by atomic mass is 35.5. The van der Waals surface area contributed by atoms with Gasteiger partial charge in [-0.1, -0.05) is 57.5 Å². The highest BCUT2D eigenvalue weighted by Gasteiger charge is 2.25. The molecule has 0 unspecified atom stereocenters. The first-order chi connectivity index (χ1) is 12.2. The van der Waals surface area contributed by atoms with Crippen LogP contribution in [0, 0.1) is 5.41 Å². The largest absolute Gasteiger partial charge is 0.345 e. The molecule has 1 heterocycles. The minimum Gasteiger partial charge on any atom is -0.345 e. The van der Waals surface area contributed by atoms with E-state index < -0.39 is 0 Å². The summed E-state index contributed by atoms with van der Waals surface area (Å²) in [6, 6.07) is 12.3. The van der Waals surface area contributed by atoms with Crippen LogP contribution in [0.15, 0.2) is 42.6 Å². The third kappa shape index (κ3) is 5.63. The summed E-state index contributed by atoms with van der Waals surface area (Å²) in [6.45, 7) is 11.9. The van der Waals surface area contributed by atoms with Crippen molar-refractivity contribution in [1.29, 1.82) is 0 Å². The van der Waals surface area contributed by atoms with Crippen molar-refractivity contribution >= 4 is 17.5 Å². The zero-order valence-electron chi connectivity index (χ0n) is 16.6. The third-order valence-corrected chi connectivity index (χ3v) is 5.05. The predicted octanol–water partition coefficient (Wildman–Crippen LogP) is 5.75. The van der Waals surface area contributed by atoms with Crippen LogP contribution in [0.3, 0.4) is 0 Å². The summed E-state index contributed by atoms with van der Waals surface area (Å²) in [5.74, 6) is 0.220. The molecule has 0 radical (unpaired) electrons. The van der Waals surface area contributed by atoms with Crippen LogP contribution in [-0.4, -0.2) is 21.4 Å². The standard InChI is InChI=1S/C22H31ClN2O/c1-6-17(2)25(21(26)14-22(3,4)5)16-19-11-9-13-24(19)15-18-10-7-8-12-20(18)23/h7-13,17H,6,14-16H2,1-5H3/t17-/m1/s1. The SMILES string of the molecule is CC[C@@H](C)N(Cc1cccn1Cc1ccccc1Cl)C(=O)CC(C)(C)C. The molecule has 0 aliphatic carbocycles. The minimum absolute atomic E-state index is 0.0116. The van der Waals surface area contributed by atoms with Crippen molar-refractivity contribution in [1.82, 2.24) is 9.47 Å². The van der Waals surface area contributed by atoms with E-state index in [1.807, 2.05) is 35.2 Å². The van der Waals surface area contributed by atoms with Crippen LogP contribution in [-0.2, 0) is 17.9 Å². The number of benzene rings is 1. The maximum atomic E-state index is 12.9. The number of aromatic nitrogens is 1. The minimum atomic E-state index is -0.0116. The second-order valence-corrected chi connectivity index (χ2v) is 8.64. The molecule has 0 bridgehead atoms. The van der Waals surface area contributed by atoms with Crippen LogP contribution >= 0.6 is 11.6 Å². The van der Waals surface area contributed by atoms with Crippen LogP contribution < -0.4 is 0 Å². The van der Waals surface area contributed by atoms with Gasteiger partial charge in [-0.25, -0.2) is 0 Å². The molecule has 0 fully saturated rings. The fraction of sp³-hybridized carbons (Fsp3) is 0.500. The summed E-state index contributed by atoms with van der Waals surface area (Å²) in [7, 11) is 0. The maximum absolute atomic E-state index is 12.9. The average Bonchev–Trinajstić information content (AvgIpc) is 2.99. The van der Waals surface area contributed by atoms with Crippen molar-refractivity contribution in [3.05, 3.63) is 58.9 Å². The number of amides is 1. The number of hydrogen-bond acceptors (Lipinski definition) is 1. The normalized spacial score (nSPS) is 12.8. The van der Waals surface area contributed by atoms with Crippen molar-refractivity contribution in [3.63, 3.8) is 0 Å². The Morgan fingerprint density at radius 2 is 1.88 bits per heavy atom. The topological polar surface area (TPSA) is 25.2 Å². The molecule has 0 aliphatic heterocycles. The van der Waals surface area contributed by atoms with E-state index in [1.165, 1.54) is 0 Å². The van der Waals surface area contributed by atoms with Gasteiger partial charge in [-0.15, -0.1) is 0 Å². The van der Waals surface area contributed by atoms with Crippen LogP contribution in [0.2, 0.25) is 5.02 Å². The summed E-state index contributed by atoms with van der Waals surface area (Å²) in [6.07, 6.45) is 3.56. The van der Waals surface area contributed by atoms with Gasteiger partial charge in [-0.3, -0.25) is 4.79 Å². The lowest BCUT2D eigenvalue weighted by molar-refractivity contribution is -0.136. The highest BCUT2D eigenvalue weighted by Crippen LogP contribution is 2.23. The Balaban J connectivity index is 2.20. The molecule has 1 atom stereocenters. The Kier molecular flexibility index (Phi) is 6.94. The second kappa shape index (κ2) is 8.77. The van der Waals surface area contributed by atoms with Gasteiger partial charge in [0.05, 0.1) is 6.54 Å². The van der Waals surface area contributed by atoms with Crippen LogP contribution in [0.5, 0.6) is 0 Å². The lowest BCUT2D eigenvalue weighted by atomic mass is 9.91. The first-order valence-electron chi connectivity index (χ1n) is 9.38. The van der Waals surface area contributed by atoms with Crippen molar-refractivity contribution in [2.45, 2.75) is 66.6 Å². The summed E-state index contributed by atoms with van der Waals surface area (Å²) >= 11 is 6.32. The molecular formula is C22H31ClN2O. The second-order valence-electron chi connectivity index (χ2n) is 8.24. The zero-order valence-corrected chi connectivity index (χ0v) is 17.4. The molecule has 26 heavy (non-hydrogen) atoms. The number of rotatable bonds is 7. The van der Waals surface area contributed by atoms with Crippen molar-refractivity contribution in [2.24, 2.45) is 5.41 Å². The summed E-state index contributed by atoms with van der Waals surface area (Å²) < 4.78 is 2.18. The quantitative estimate of drug-likeness (QED) is 0.605. The first-order valence-corrected chi connectivity index (χ1v) is 9.76. The monoisotopic (exact) mass is 374 g/mol. The van der Waals surface area contributed by atoms with Gasteiger partial charge in [0.1, 0.15) is 0 Å². The summed E-state index contributed by atoms with van der Waals surface area (Å²) in [5, 5.41) is 0.773. The van der Waals surface area contributed by atoms with Crippen LogP contribution in [0.4, 0.5) is 0 Å². The molecule has 0 N–H and O–H groups in total. The average molecular weight is 375 g/mol. The molecule has 2 aromatic rings. The van der Waals surface area contributed by atoms with Gasteiger partial charge >= 0.3 is 0 Å². The number of carbonyl (C=O) groups is 1. The fourth-order valence-corrected chi connectivity index (χ4v) is 3.19. The predicted molar refractivity (Wildman–Crippen MR) is 109 cm³/mol. The fourth-order valence-electron chi connectivity index (χ4n) is 3.00. The van der Waals surface area contributed by atoms with Crippen molar-refractivity contribution in [2.75, 3.05) is 0 Å². The zero-order chi connectivity index (χ0) is 19.3. The van der Waals surface area contributed by atoms with Gasteiger partial charge in [0.25, 0.3) is 0 Å². The smallest absolute Gasteiger partial charge is 0.223 e. The first kappa shape index (κ1) is 20.6. The van der Waals surface area contributed by atoms with E-state index in [0.29, 0.717) is 19.5 Å². The van der Waals surface area contributed by atoms with Gasteiger partial charge in [-0.05, 0) is 42.5 Å². The van der Waals surface area contributed by atoms with Crippen LogP contribution in [0.1, 0.15) is 58.7 Å². The molecule has 0 spiro atoms. The van der Waals surface area contributed by atoms with Gasteiger partial charge in [0.2, 0.25) is 5.91 Å². The molecule has 0 saturated heterocycles. The lowest BCUT2D eigenvalue weighted by Crippen LogP contribution is -2.40. The molecule has 1 aromatic carbocycles. The Labute approximate surface area is 163 Å². The molecule has 1 aromatic heterocycles. The summed E-state index contributed by atoms with van der Waals surface area (Å²) in [5.41, 5.74) is 2.21. The lowest BCUT2D eigenvalue weighted by Gasteiger charge is -2.31. The van der Waals surface area contributed by atoms with Crippen molar-refractivity contribution in [3.8, 4) is 0 Å². The molecule has 0 saturated carbocycles. The molecule has 0 aliphatic rings. The van der Waals surface area contributed by atoms with E-state index in [9.17, 15) is 4.79 Å². The van der Waals surface area contributed by atoms with E-state index in [2.05, 4.69) is 51.4 Å². The Morgan fingerprint density at radius 1 is 1.19 bits per heavy atom. The highest BCUT2D eigenvalue weighted by molar-refractivity contribution is 6.31. The Bertz CT molecular complexity index is 730. The van der Waals surface area contributed by atoms with Gasteiger partial charge in [-0.2, -0.15) is 0 Å². The molecule has 4 heteroatoms. The third-order valence-electron chi connectivity index (χ3n) is 4.68. The molecule has 3 nitrogen and oxygen atoms in total.